The SMILES string of the molecule is CCOP1(=O)OC(C)C(C)O1.CCOP1(=O)OC(C)CC(C)O1.CCOP1(=O)OCCCO1.CCOP1(=O)OCCO1.CCOP1(=O)O[C@@H](C)C[C@H](C)O1.CCOP1(=O)O[C@@H](C)[C@H](C)O1.CCOP1(=O)O[C@H](C)C[C@@H](C)O1.CCOP1(=O)O[C@H](C)[C@@H](C)O1.CCOP1OC(C)CC(C)O1.CCOP1OCCCO1.CCOP1O[C@@H](C)C[C@H](C)O1. The Balaban J connectivity index is 0.000000655. The monoisotopic (exact) mass is 1950 g/mol. The Kier molecular flexibility index (Phi) is 62.9. The van der Waals surface area contributed by atoms with E-state index in [9.17, 15) is 36.5 Å². The largest absolute Gasteiger partial charge is 0.475 e. The van der Waals surface area contributed by atoms with Crippen LogP contribution in [-0.2, 0) is 186 Å². The number of rotatable bonds is 22. The van der Waals surface area contributed by atoms with Gasteiger partial charge in [0.25, 0.3) is 0 Å². The van der Waals surface area contributed by atoms with Crippen molar-refractivity contribution < 1.29 is 186 Å². The van der Waals surface area contributed by atoms with Crippen molar-refractivity contribution in [3.05, 3.63) is 0 Å². The predicted molar refractivity (Wildman–Crippen MR) is 446 cm³/mol. The molecule has 0 aliphatic carbocycles. The minimum Gasteiger partial charge on any atom is -0.313 e. The molecule has 0 bridgehead atoms. The highest BCUT2D eigenvalue weighted by molar-refractivity contribution is 7.50. The molecular formula is C67H145O41P11. The molecule has 0 aromatic carbocycles. The van der Waals surface area contributed by atoms with E-state index in [-0.39, 0.29) is 97.7 Å². The van der Waals surface area contributed by atoms with Crippen LogP contribution in [0.3, 0.4) is 0 Å². The van der Waals surface area contributed by atoms with Crippen molar-refractivity contribution in [1.29, 1.82) is 0 Å². The maximum atomic E-state index is 11.6. The number of hydrogen-bond acceptors (Lipinski definition) is 41. The van der Waals surface area contributed by atoms with E-state index in [4.69, 9.17) is 149 Å². The highest BCUT2D eigenvalue weighted by atomic mass is 31.2. The van der Waals surface area contributed by atoms with E-state index in [1.165, 1.54) is 0 Å². The summed E-state index contributed by atoms with van der Waals surface area (Å²) >= 11 is 0. The molecule has 11 heterocycles. The standard InChI is InChI=1S/3C7H15O4P.2C7H15O3P.3C6H13O4P.C5H11O4P.C5H11O3P.C4H9O4P/c3*1-4-9-12(8)10-6(2)5-7(3)11-12;2*1-4-8-11-9-6(2)5-7(3)10-11;3*1-4-8-11(7)9-5(2)6(3)10-11;1-2-7-10(6)8-4-3-5-9-10;1-2-6-9-7-4-3-5-8-9;1-2-6-9(5)7-3-4-8-9/h3*6-7H,4-5H2,1-3H3;2*6-7H,4-5H2,1-3H3;3*5-6H,4H2,1-3H3;2-5H2,1H3;2-5H2,1H3;2-4H2,1H3/t2*6-,7-;;6-,7-;;2*5-,6-;;;;/m10.0.10..../s1. The third kappa shape index (κ3) is 52.6. The van der Waals surface area contributed by atoms with Crippen LogP contribution in [0, 0.1) is 0 Å². The first-order chi connectivity index (χ1) is 55.8. The van der Waals surface area contributed by atoms with Gasteiger partial charge in [0.2, 0.25) is 0 Å². The predicted octanol–water partition coefficient (Wildman–Crippen LogP) is 22.3. The molecule has 11 aliphatic heterocycles. The second-order valence-electron chi connectivity index (χ2n) is 26.8. The molecule has 0 saturated carbocycles. The van der Waals surface area contributed by atoms with Crippen LogP contribution in [0.25, 0.3) is 0 Å². The molecule has 0 N–H and O–H groups in total. The molecule has 0 spiro atoms. The number of phosphoric acid groups is 8. The normalized spacial score (nSPS) is 36.6. The van der Waals surface area contributed by atoms with Gasteiger partial charge in [0.15, 0.2) is 0 Å². The molecule has 41 nitrogen and oxygen atoms in total. The summed E-state index contributed by atoms with van der Waals surface area (Å²) in [4.78, 5) is 0. The molecule has 52 heteroatoms. The van der Waals surface area contributed by atoms with Gasteiger partial charge in [-0.05, 0) is 200 Å². The highest BCUT2D eigenvalue weighted by Gasteiger charge is 2.45. The van der Waals surface area contributed by atoms with Crippen LogP contribution in [-0.4, -0.2) is 210 Å². The van der Waals surface area contributed by atoms with Gasteiger partial charge in [-0.15, -0.1) is 0 Å². The van der Waals surface area contributed by atoms with E-state index in [2.05, 4.69) is 0 Å². The first kappa shape index (κ1) is 119. The highest BCUT2D eigenvalue weighted by Crippen LogP contribution is 2.61. The fourth-order valence-corrected chi connectivity index (χ4v) is 25.3. The zero-order valence-corrected chi connectivity index (χ0v) is 84.7. The molecule has 0 radical (unpaired) electrons. The molecule has 11 rings (SSSR count). The van der Waals surface area contributed by atoms with Gasteiger partial charge in [-0.3, -0.25) is 109 Å². The average Bonchev–Trinajstić information content (AvgIpc) is 1.81. The Labute approximate surface area is 712 Å². The van der Waals surface area contributed by atoms with Crippen LogP contribution in [0.2, 0.25) is 0 Å². The first-order valence-corrected chi connectivity index (χ1v) is 55.7. The summed E-state index contributed by atoms with van der Waals surface area (Å²) in [6.07, 6.45) is 5.91. The maximum absolute atomic E-state index is 11.6. The van der Waals surface area contributed by atoms with E-state index in [1.54, 1.807) is 55.4 Å². The van der Waals surface area contributed by atoms with Crippen LogP contribution < -0.4 is 0 Å². The molecule has 714 valence electrons. The lowest BCUT2D eigenvalue weighted by molar-refractivity contribution is 0.00317. The summed E-state index contributed by atoms with van der Waals surface area (Å²) in [5.41, 5.74) is 0. The number of hydrogen-bond donors (Lipinski definition) is 0. The van der Waals surface area contributed by atoms with Crippen molar-refractivity contribution in [2.45, 2.75) is 330 Å². The molecular weight excluding hydrogens is 1800 g/mol. The van der Waals surface area contributed by atoms with Crippen molar-refractivity contribution in [3.8, 4) is 0 Å². The van der Waals surface area contributed by atoms with Gasteiger partial charge in [0, 0.05) is 32.1 Å². The lowest BCUT2D eigenvalue weighted by Gasteiger charge is -2.30. The molecule has 0 amide bonds. The van der Waals surface area contributed by atoms with Crippen molar-refractivity contribution in [3.63, 3.8) is 0 Å². The van der Waals surface area contributed by atoms with Crippen molar-refractivity contribution in [1.82, 2.24) is 0 Å². The average molecular weight is 1950 g/mol. The molecule has 16 atom stereocenters. The Morgan fingerprint density at radius 1 is 0.218 bits per heavy atom. The lowest BCUT2D eigenvalue weighted by Crippen LogP contribution is -2.24. The van der Waals surface area contributed by atoms with Gasteiger partial charge in [-0.1, -0.05) is 0 Å². The Hall–Kier alpha value is 1.81. The van der Waals surface area contributed by atoms with Crippen molar-refractivity contribution in [2.24, 2.45) is 0 Å². The Morgan fingerprint density at radius 2 is 0.395 bits per heavy atom. The Bertz CT molecular complexity index is 2690. The van der Waals surface area contributed by atoms with Gasteiger partial charge in [-0.2, -0.15) is 0 Å². The summed E-state index contributed by atoms with van der Waals surface area (Å²) in [6.45, 7) is 58.1. The number of phosphoric ester groups is 8. The van der Waals surface area contributed by atoms with Gasteiger partial charge in [-0.25, -0.2) is 36.5 Å². The lowest BCUT2D eigenvalue weighted by atomic mass is 10.2. The summed E-state index contributed by atoms with van der Waals surface area (Å²) in [5.74, 6) is 0. The molecule has 11 aliphatic rings. The fraction of sp³-hybridized carbons (Fsp3) is 1.00. The van der Waals surface area contributed by atoms with Gasteiger partial charge in [0.05, 0.1) is 210 Å². The third-order valence-electron chi connectivity index (χ3n) is 15.0. The molecule has 6 unspecified atom stereocenters. The summed E-state index contributed by atoms with van der Waals surface area (Å²) in [7, 11) is -28.5. The van der Waals surface area contributed by atoms with Crippen LogP contribution in [0.15, 0.2) is 0 Å². The molecule has 0 aromatic rings. The topological polar surface area (TPSA) is 441 Å². The zero-order valence-electron chi connectivity index (χ0n) is 74.9. The smallest absolute Gasteiger partial charge is 0.313 e. The second-order valence-corrected chi connectivity index (χ2v) is 43.0. The van der Waals surface area contributed by atoms with Crippen LogP contribution in [0.1, 0.15) is 232 Å². The molecule has 119 heavy (non-hydrogen) atoms. The van der Waals surface area contributed by atoms with E-state index >= 15 is 0 Å². The quantitative estimate of drug-likeness (QED) is 0.0908. The van der Waals surface area contributed by atoms with Crippen LogP contribution >= 0.6 is 88.4 Å². The minimum absolute atomic E-state index is 0.0499. The van der Waals surface area contributed by atoms with Gasteiger partial charge in [0.1, 0.15) is 0 Å². The molecule has 11 saturated heterocycles. The zero-order chi connectivity index (χ0) is 90.3. The molecule has 11 fully saturated rings. The summed E-state index contributed by atoms with van der Waals surface area (Å²) in [5, 5.41) is 0. The van der Waals surface area contributed by atoms with Crippen LogP contribution in [0.5, 0.6) is 0 Å². The molecule has 0 aromatic heterocycles. The van der Waals surface area contributed by atoms with Crippen molar-refractivity contribution >= 4 is 88.4 Å². The van der Waals surface area contributed by atoms with Crippen molar-refractivity contribution in [2.75, 3.05) is 112 Å². The summed E-state index contributed by atoms with van der Waals surface area (Å²) < 4.78 is 257. The fourth-order valence-electron chi connectivity index (χ4n) is 10.1. The minimum atomic E-state index is -3.23. The summed E-state index contributed by atoms with van der Waals surface area (Å²) in [6, 6.07) is 0. The maximum Gasteiger partial charge on any atom is 0.475 e. The van der Waals surface area contributed by atoms with E-state index in [0.717, 1.165) is 58.2 Å². The van der Waals surface area contributed by atoms with Crippen LogP contribution in [0.4, 0.5) is 0 Å². The Morgan fingerprint density at radius 3 is 0.605 bits per heavy atom. The third-order valence-corrected chi connectivity index (χ3v) is 33.2. The van der Waals surface area contributed by atoms with Gasteiger partial charge >= 0.3 is 88.4 Å². The first-order valence-electron chi connectivity index (χ1n) is 40.8. The second kappa shape index (κ2) is 63.0. The van der Waals surface area contributed by atoms with Gasteiger partial charge < -0.3 is 40.7 Å². The van der Waals surface area contributed by atoms with E-state index in [0.29, 0.717) is 99.1 Å². The van der Waals surface area contributed by atoms with E-state index in [1.807, 2.05) is 132 Å². The van der Waals surface area contributed by atoms with E-state index < -0.39 is 88.4 Å².